The molecular formula is C20H34N4O. The van der Waals surface area contributed by atoms with Crippen LogP contribution in [0.1, 0.15) is 56.5 Å². The lowest BCUT2D eigenvalue weighted by molar-refractivity contribution is -0.133. The molecule has 0 bridgehead atoms. The fourth-order valence-electron chi connectivity index (χ4n) is 4.46. The van der Waals surface area contributed by atoms with E-state index in [0.717, 1.165) is 57.7 Å². The second-order valence-electron chi connectivity index (χ2n) is 8.53. The lowest BCUT2D eigenvalue weighted by atomic mass is 9.78. The predicted octanol–water partition coefficient (Wildman–Crippen LogP) is 2.69. The summed E-state index contributed by atoms with van der Waals surface area (Å²) in [5.74, 6) is 0.898. The van der Waals surface area contributed by atoms with Gasteiger partial charge in [-0.1, -0.05) is 13.8 Å². The Morgan fingerprint density at radius 2 is 1.96 bits per heavy atom. The molecule has 2 fully saturated rings. The summed E-state index contributed by atoms with van der Waals surface area (Å²) in [7, 11) is 0. The lowest BCUT2D eigenvalue weighted by Gasteiger charge is -2.39. The third-order valence-electron chi connectivity index (χ3n) is 6.17. The predicted molar refractivity (Wildman–Crippen MR) is 101 cm³/mol. The third-order valence-corrected chi connectivity index (χ3v) is 6.17. The summed E-state index contributed by atoms with van der Waals surface area (Å²) in [6, 6.07) is 0. The van der Waals surface area contributed by atoms with E-state index in [0.29, 0.717) is 23.7 Å². The van der Waals surface area contributed by atoms with Crippen molar-refractivity contribution in [2.24, 2.45) is 11.3 Å². The maximum Gasteiger partial charge on any atom is 0.222 e. The summed E-state index contributed by atoms with van der Waals surface area (Å²) in [5, 5.41) is 8.16. The molecule has 3 heterocycles. The van der Waals surface area contributed by atoms with Gasteiger partial charge in [-0.15, -0.1) is 0 Å². The summed E-state index contributed by atoms with van der Waals surface area (Å²) in [4.78, 5) is 14.8. The van der Waals surface area contributed by atoms with Gasteiger partial charge in [0, 0.05) is 38.3 Å². The first-order valence-corrected chi connectivity index (χ1v) is 9.92. The standard InChI is InChI=1S/C20H34N4O/c1-15(2)13-24-17(4)18(16(3)22-24)5-6-19(25)23-11-8-20(9-12-23)7-10-21-14-20/h15,21H,5-14H2,1-4H3. The Kier molecular flexibility index (Phi) is 5.52. The quantitative estimate of drug-likeness (QED) is 0.892. The zero-order valence-electron chi connectivity index (χ0n) is 16.4. The van der Waals surface area contributed by atoms with Crippen molar-refractivity contribution in [2.45, 2.75) is 66.3 Å². The third kappa shape index (κ3) is 4.08. The Balaban J connectivity index is 1.53. The number of nitrogens with zero attached hydrogens (tertiary/aromatic N) is 3. The first-order valence-electron chi connectivity index (χ1n) is 9.92. The molecule has 2 aliphatic rings. The molecule has 0 aliphatic carbocycles. The van der Waals surface area contributed by atoms with E-state index in [9.17, 15) is 4.79 Å². The van der Waals surface area contributed by atoms with Crippen LogP contribution in [0, 0.1) is 25.2 Å². The van der Waals surface area contributed by atoms with Crippen molar-refractivity contribution in [1.29, 1.82) is 0 Å². The fraction of sp³-hybridized carbons (Fsp3) is 0.800. The molecule has 2 saturated heterocycles. The van der Waals surface area contributed by atoms with E-state index >= 15 is 0 Å². The van der Waals surface area contributed by atoms with Crippen LogP contribution in [0.5, 0.6) is 0 Å². The van der Waals surface area contributed by atoms with Crippen LogP contribution in [0.25, 0.3) is 0 Å². The average Bonchev–Trinajstić information content (AvgIpc) is 3.12. The second kappa shape index (κ2) is 7.48. The molecule has 0 radical (unpaired) electrons. The average molecular weight is 347 g/mol. The molecule has 2 aliphatic heterocycles. The Morgan fingerprint density at radius 1 is 1.24 bits per heavy atom. The van der Waals surface area contributed by atoms with Gasteiger partial charge in [0.1, 0.15) is 0 Å². The minimum atomic E-state index is 0.316. The molecule has 0 atom stereocenters. The summed E-state index contributed by atoms with van der Waals surface area (Å²) >= 11 is 0. The molecule has 1 aromatic heterocycles. The van der Waals surface area contributed by atoms with Crippen LogP contribution in [-0.4, -0.2) is 46.8 Å². The summed E-state index contributed by atoms with van der Waals surface area (Å²) < 4.78 is 2.11. The number of nitrogens with one attached hydrogen (secondary N) is 1. The van der Waals surface area contributed by atoms with Gasteiger partial charge in [0.25, 0.3) is 0 Å². The number of carbonyl (C=O) groups is 1. The Bertz CT molecular complexity index is 603. The topological polar surface area (TPSA) is 50.2 Å². The number of hydrogen-bond acceptors (Lipinski definition) is 3. The molecule has 25 heavy (non-hydrogen) atoms. The Hall–Kier alpha value is -1.36. The number of rotatable bonds is 5. The molecule has 0 saturated carbocycles. The van der Waals surface area contributed by atoms with E-state index in [1.54, 1.807) is 0 Å². The van der Waals surface area contributed by atoms with Gasteiger partial charge in [-0.3, -0.25) is 9.48 Å². The monoisotopic (exact) mass is 346 g/mol. The van der Waals surface area contributed by atoms with E-state index in [1.165, 1.54) is 17.7 Å². The molecule has 140 valence electrons. The number of amides is 1. The number of hydrogen-bond donors (Lipinski definition) is 1. The molecule has 0 aromatic carbocycles. The summed E-state index contributed by atoms with van der Waals surface area (Å²) in [5.41, 5.74) is 4.05. The number of piperidine rings is 1. The minimum Gasteiger partial charge on any atom is -0.343 e. The highest BCUT2D eigenvalue weighted by Gasteiger charge is 2.37. The van der Waals surface area contributed by atoms with Crippen LogP contribution >= 0.6 is 0 Å². The van der Waals surface area contributed by atoms with E-state index in [4.69, 9.17) is 0 Å². The van der Waals surface area contributed by atoms with E-state index in [2.05, 4.69) is 47.7 Å². The van der Waals surface area contributed by atoms with Gasteiger partial charge < -0.3 is 10.2 Å². The van der Waals surface area contributed by atoms with E-state index < -0.39 is 0 Å². The number of aromatic nitrogens is 2. The molecule has 1 amide bonds. The molecular weight excluding hydrogens is 312 g/mol. The van der Waals surface area contributed by atoms with Gasteiger partial charge in [-0.05, 0) is 63.0 Å². The van der Waals surface area contributed by atoms with Crippen LogP contribution in [0.15, 0.2) is 0 Å². The van der Waals surface area contributed by atoms with Gasteiger partial charge in [-0.25, -0.2) is 0 Å². The van der Waals surface area contributed by atoms with Crippen molar-refractivity contribution >= 4 is 5.91 Å². The van der Waals surface area contributed by atoms with Crippen LogP contribution in [0.4, 0.5) is 0 Å². The summed E-state index contributed by atoms with van der Waals surface area (Å²) in [6.45, 7) is 13.7. The smallest absolute Gasteiger partial charge is 0.222 e. The van der Waals surface area contributed by atoms with Gasteiger partial charge in [0.15, 0.2) is 0 Å². The highest BCUT2D eigenvalue weighted by atomic mass is 16.2. The lowest BCUT2D eigenvalue weighted by Crippen LogP contribution is -2.44. The molecule has 1 spiro atoms. The first-order chi connectivity index (χ1) is 11.9. The largest absolute Gasteiger partial charge is 0.343 e. The van der Waals surface area contributed by atoms with Crippen LogP contribution in [0.2, 0.25) is 0 Å². The van der Waals surface area contributed by atoms with E-state index in [-0.39, 0.29) is 0 Å². The normalized spacial score (nSPS) is 20.0. The number of carbonyl (C=O) groups excluding carboxylic acids is 1. The maximum atomic E-state index is 12.7. The SMILES string of the molecule is Cc1nn(CC(C)C)c(C)c1CCC(=O)N1CCC2(CCNC2)CC1. The first kappa shape index (κ1) is 18.4. The fourth-order valence-corrected chi connectivity index (χ4v) is 4.46. The van der Waals surface area contributed by atoms with Gasteiger partial charge in [0.2, 0.25) is 5.91 Å². The van der Waals surface area contributed by atoms with Crippen molar-refractivity contribution in [1.82, 2.24) is 20.0 Å². The highest BCUT2D eigenvalue weighted by Crippen LogP contribution is 2.37. The number of aryl methyl sites for hydroxylation is 1. The maximum absolute atomic E-state index is 12.7. The number of likely N-dealkylation sites (tertiary alicyclic amines) is 1. The van der Waals surface area contributed by atoms with Crippen molar-refractivity contribution in [3.8, 4) is 0 Å². The molecule has 5 nitrogen and oxygen atoms in total. The van der Waals surface area contributed by atoms with E-state index in [1.807, 2.05) is 0 Å². The van der Waals surface area contributed by atoms with Gasteiger partial charge in [0.05, 0.1) is 5.69 Å². The van der Waals surface area contributed by atoms with Crippen LogP contribution < -0.4 is 5.32 Å². The van der Waals surface area contributed by atoms with Crippen molar-refractivity contribution in [3.63, 3.8) is 0 Å². The van der Waals surface area contributed by atoms with Gasteiger partial charge >= 0.3 is 0 Å². The summed E-state index contributed by atoms with van der Waals surface area (Å²) in [6.07, 6.45) is 5.03. The second-order valence-corrected chi connectivity index (χ2v) is 8.53. The highest BCUT2D eigenvalue weighted by molar-refractivity contribution is 5.76. The Labute approximate surface area is 152 Å². The molecule has 1 N–H and O–H groups in total. The Morgan fingerprint density at radius 3 is 2.56 bits per heavy atom. The minimum absolute atomic E-state index is 0.316. The molecule has 3 rings (SSSR count). The molecule has 5 heteroatoms. The zero-order valence-corrected chi connectivity index (χ0v) is 16.4. The molecule has 0 unspecified atom stereocenters. The van der Waals surface area contributed by atoms with Gasteiger partial charge in [-0.2, -0.15) is 5.10 Å². The zero-order chi connectivity index (χ0) is 18.0. The van der Waals surface area contributed by atoms with Crippen LogP contribution in [0.3, 0.4) is 0 Å². The van der Waals surface area contributed by atoms with Crippen molar-refractivity contribution in [3.05, 3.63) is 17.0 Å². The molecule has 1 aromatic rings. The van der Waals surface area contributed by atoms with Crippen molar-refractivity contribution in [2.75, 3.05) is 26.2 Å². The van der Waals surface area contributed by atoms with Crippen molar-refractivity contribution < 1.29 is 4.79 Å². The van der Waals surface area contributed by atoms with Crippen LogP contribution in [-0.2, 0) is 17.8 Å².